The van der Waals surface area contributed by atoms with Crippen molar-refractivity contribution in [2.45, 2.75) is 37.8 Å². The van der Waals surface area contributed by atoms with E-state index in [2.05, 4.69) is 5.10 Å². The van der Waals surface area contributed by atoms with Crippen LogP contribution in [-0.2, 0) is 21.3 Å². The van der Waals surface area contributed by atoms with Crippen LogP contribution in [0.5, 0.6) is 0 Å². The minimum absolute atomic E-state index is 0.0834. The molecule has 116 valence electrons. The van der Waals surface area contributed by atoms with Crippen LogP contribution in [0.25, 0.3) is 0 Å². The molecule has 1 heterocycles. The summed E-state index contributed by atoms with van der Waals surface area (Å²) in [6, 6.07) is -0.114. The average Bonchev–Trinajstić information content (AvgIpc) is 2.88. The van der Waals surface area contributed by atoms with Crippen molar-refractivity contribution in [3.63, 3.8) is 0 Å². The number of rotatable bonds is 9. The van der Waals surface area contributed by atoms with E-state index in [9.17, 15) is 8.42 Å². The minimum Gasteiger partial charge on any atom is -0.394 e. The summed E-state index contributed by atoms with van der Waals surface area (Å²) < 4.78 is 33.0. The number of methoxy groups -OCH3 is 1. The van der Waals surface area contributed by atoms with Crippen molar-refractivity contribution in [2.75, 3.05) is 26.9 Å². The van der Waals surface area contributed by atoms with Gasteiger partial charge in [0.2, 0.25) is 10.0 Å². The first-order valence-corrected chi connectivity index (χ1v) is 8.05. The largest absolute Gasteiger partial charge is 0.394 e. The van der Waals surface area contributed by atoms with E-state index in [0.717, 1.165) is 0 Å². The van der Waals surface area contributed by atoms with Crippen LogP contribution in [0.3, 0.4) is 0 Å². The smallest absolute Gasteiger partial charge is 0.246 e. The molecule has 0 radical (unpaired) electrons. The van der Waals surface area contributed by atoms with Crippen LogP contribution in [0.2, 0.25) is 0 Å². The Labute approximate surface area is 120 Å². The van der Waals surface area contributed by atoms with Crippen molar-refractivity contribution in [3.05, 3.63) is 12.4 Å². The molecule has 0 amide bonds. The molecule has 8 heteroatoms. The molecular weight excluding hydrogens is 282 g/mol. The molecule has 1 unspecified atom stereocenters. The zero-order valence-corrected chi connectivity index (χ0v) is 13.0. The Bertz CT molecular complexity index is 501. The number of hydrogen-bond donors (Lipinski definition) is 1. The zero-order valence-electron chi connectivity index (χ0n) is 12.2. The number of aromatic nitrogens is 2. The van der Waals surface area contributed by atoms with Gasteiger partial charge in [-0.2, -0.15) is 9.40 Å². The van der Waals surface area contributed by atoms with Crippen LogP contribution in [0.1, 0.15) is 20.3 Å². The molecular formula is C12H23N3O4S. The summed E-state index contributed by atoms with van der Waals surface area (Å²) in [5.74, 6) is 0. The van der Waals surface area contributed by atoms with Crippen LogP contribution in [0, 0.1) is 0 Å². The summed E-state index contributed by atoms with van der Waals surface area (Å²) in [7, 11) is -2.05. The molecule has 1 aromatic heterocycles. The van der Waals surface area contributed by atoms with Gasteiger partial charge in [0, 0.05) is 25.9 Å². The molecule has 7 nitrogen and oxygen atoms in total. The van der Waals surface area contributed by atoms with E-state index < -0.39 is 10.0 Å². The SMILES string of the molecule is CCC(C)N(CCOC)S(=O)(=O)c1cnn(CCO)c1. The van der Waals surface area contributed by atoms with Gasteiger partial charge >= 0.3 is 0 Å². The highest BCUT2D eigenvalue weighted by molar-refractivity contribution is 7.89. The van der Waals surface area contributed by atoms with Crippen LogP contribution in [-0.4, -0.2) is 60.5 Å². The fourth-order valence-corrected chi connectivity index (χ4v) is 3.44. The Balaban J connectivity index is 3.01. The lowest BCUT2D eigenvalue weighted by Gasteiger charge is -2.26. The van der Waals surface area contributed by atoms with Gasteiger partial charge < -0.3 is 9.84 Å². The topological polar surface area (TPSA) is 84.7 Å². The van der Waals surface area contributed by atoms with Crippen molar-refractivity contribution < 1.29 is 18.3 Å². The molecule has 0 aliphatic carbocycles. The molecule has 1 N–H and O–H groups in total. The van der Waals surface area contributed by atoms with E-state index in [0.29, 0.717) is 19.6 Å². The molecule has 1 atom stereocenters. The van der Waals surface area contributed by atoms with Crippen LogP contribution >= 0.6 is 0 Å². The Hall–Kier alpha value is -0.960. The number of aliphatic hydroxyl groups excluding tert-OH is 1. The lowest BCUT2D eigenvalue weighted by molar-refractivity contribution is 0.167. The summed E-state index contributed by atoms with van der Waals surface area (Å²) in [6.07, 6.45) is 3.47. The molecule has 20 heavy (non-hydrogen) atoms. The summed E-state index contributed by atoms with van der Waals surface area (Å²) >= 11 is 0. The Morgan fingerprint density at radius 1 is 1.55 bits per heavy atom. The minimum atomic E-state index is -3.59. The second-order valence-corrected chi connectivity index (χ2v) is 6.42. The highest BCUT2D eigenvalue weighted by atomic mass is 32.2. The maximum atomic E-state index is 12.6. The summed E-state index contributed by atoms with van der Waals surface area (Å²) in [5, 5.41) is 12.8. The first-order valence-electron chi connectivity index (χ1n) is 6.61. The summed E-state index contributed by atoms with van der Waals surface area (Å²) in [6.45, 7) is 4.64. The molecule has 1 rings (SSSR count). The van der Waals surface area contributed by atoms with E-state index >= 15 is 0 Å². The van der Waals surface area contributed by atoms with Crippen LogP contribution < -0.4 is 0 Å². The molecule has 0 saturated heterocycles. The Kier molecular flexibility index (Phi) is 6.60. The number of hydrogen-bond acceptors (Lipinski definition) is 5. The maximum Gasteiger partial charge on any atom is 0.246 e. The van der Waals surface area contributed by atoms with E-state index in [1.807, 2.05) is 13.8 Å². The third kappa shape index (κ3) is 4.02. The Morgan fingerprint density at radius 3 is 2.80 bits per heavy atom. The van der Waals surface area contributed by atoms with Gasteiger partial charge in [-0.25, -0.2) is 8.42 Å². The monoisotopic (exact) mass is 305 g/mol. The Morgan fingerprint density at radius 2 is 2.25 bits per heavy atom. The van der Waals surface area contributed by atoms with Crippen molar-refractivity contribution in [2.24, 2.45) is 0 Å². The molecule has 0 aliphatic heterocycles. The molecule has 0 saturated carbocycles. The predicted octanol–water partition coefficient (Wildman–Crippen LogP) is 0.311. The lowest BCUT2D eigenvalue weighted by Crippen LogP contribution is -2.40. The fourth-order valence-electron chi connectivity index (χ4n) is 1.80. The second kappa shape index (κ2) is 7.72. The average molecular weight is 305 g/mol. The van der Waals surface area contributed by atoms with Gasteiger partial charge in [-0.3, -0.25) is 4.68 Å². The number of sulfonamides is 1. The van der Waals surface area contributed by atoms with Crippen molar-refractivity contribution >= 4 is 10.0 Å². The first kappa shape index (κ1) is 17.1. The van der Waals surface area contributed by atoms with E-state index in [1.54, 1.807) is 7.11 Å². The predicted molar refractivity (Wildman–Crippen MR) is 74.8 cm³/mol. The normalized spacial score (nSPS) is 13.8. The second-order valence-electron chi connectivity index (χ2n) is 4.53. The van der Waals surface area contributed by atoms with Gasteiger partial charge in [0.15, 0.2) is 0 Å². The quantitative estimate of drug-likeness (QED) is 0.710. The molecule has 0 aromatic carbocycles. The van der Waals surface area contributed by atoms with Crippen molar-refractivity contribution in [1.29, 1.82) is 0 Å². The van der Waals surface area contributed by atoms with Gasteiger partial charge in [-0.05, 0) is 13.3 Å². The number of aliphatic hydroxyl groups is 1. The highest BCUT2D eigenvalue weighted by Crippen LogP contribution is 2.18. The first-order chi connectivity index (χ1) is 9.47. The molecule has 0 bridgehead atoms. The van der Waals surface area contributed by atoms with Gasteiger partial charge in [-0.1, -0.05) is 6.92 Å². The zero-order chi connectivity index (χ0) is 15.2. The third-order valence-corrected chi connectivity index (χ3v) is 5.11. The summed E-state index contributed by atoms with van der Waals surface area (Å²) in [5.41, 5.74) is 0. The molecule has 0 aliphatic rings. The van der Waals surface area contributed by atoms with Crippen LogP contribution in [0.4, 0.5) is 0 Å². The van der Waals surface area contributed by atoms with E-state index in [1.165, 1.54) is 21.4 Å². The van der Waals surface area contributed by atoms with Crippen molar-refractivity contribution in [1.82, 2.24) is 14.1 Å². The highest BCUT2D eigenvalue weighted by Gasteiger charge is 2.29. The van der Waals surface area contributed by atoms with Gasteiger partial charge in [0.05, 0.1) is 26.0 Å². The third-order valence-electron chi connectivity index (χ3n) is 3.14. The van der Waals surface area contributed by atoms with Gasteiger partial charge in [0.1, 0.15) is 4.90 Å². The van der Waals surface area contributed by atoms with Gasteiger partial charge in [-0.15, -0.1) is 0 Å². The standard InChI is InChI=1S/C12H23N3O4S/c1-4-11(2)15(6-8-19-3)20(17,18)12-9-13-14(10-12)5-7-16/h9-11,16H,4-8H2,1-3H3. The van der Waals surface area contributed by atoms with Gasteiger partial charge in [0.25, 0.3) is 0 Å². The number of ether oxygens (including phenoxy) is 1. The lowest BCUT2D eigenvalue weighted by atomic mass is 10.3. The maximum absolute atomic E-state index is 12.6. The molecule has 0 fully saturated rings. The summed E-state index contributed by atoms with van der Waals surface area (Å²) in [4.78, 5) is 0.141. The van der Waals surface area contributed by atoms with Crippen molar-refractivity contribution in [3.8, 4) is 0 Å². The molecule has 0 spiro atoms. The van der Waals surface area contributed by atoms with Crippen LogP contribution in [0.15, 0.2) is 17.3 Å². The van der Waals surface area contributed by atoms with E-state index in [-0.39, 0.29) is 24.1 Å². The van der Waals surface area contributed by atoms with E-state index in [4.69, 9.17) is 9.84 Å². The fraction of sp³-hybridized carbons (Fsp3) is 0.750. The number of nitrogens with zero attached hydrogens (tertiary/aromatic N) is 3. The molecule has 1 aromatic rings.